The summed E-state index contributed by atoms with van der Waals surface area (Å²) in [6, 6.07) is 5.03. The molecule has 0 bridgehead atoms. The number of rotatable bonds is 3. The fraction of sp³-hybridized carbons (Fsp3) is 0.571. The number of benzene rings is 1. The van der Waals surface area contributed by atoms with Crippen LogP contribution >= 0.6 is 12.4 Å². The Morgan fingerprint density at radius 2 is 1.95 bits per heavy atom. The van der Waals surface area contributed by atoms with Crippen molar-refractivity contribution in [1.82, 2.24) is 10.0 Å². The van der Waals surface area contributed by atoms with Crippen molar-refractivity contribution in [3.8, 4) is 11.5 Å². The molecule has 0 amide bonds. The van der Waals surface area contributed by atoms with Crippen LogP contribution in [0.4, 0.5) is 0 Å². The summed E-state index contributed by atoms with van der Waals surface area (Å²) in [5.41, 5.74) is 0. The van der Waals surface area contributed by atoms with E-state index in [1.54, 1.807) is 12.1 Å². The van der Waals surface area contributed by atoms with Gasteiger partial charge in [-0.15, -0.1) is 12.4 Å². The van der Waals surface area contributed by atoms with Gasteiger partial charge in [0.05, 0.1) is 4.90 Å². The standard InChI is InChI=1S/C14H20N2O4S.ClH/c1-10-8-11(4-5-15-10)16-21(17,18)12-2-3-13-14(9-12)20-7-6-19-13;/h2-3,9-11,15-16H,4-8H2,1H3;1H. The van der Waals surface area contributed by atoms with Crippen molar-refractivity contribution in [2.75, 3.05) is 19.8 Å². The first-order chi connectivity index (χ1) is 10.0. The molecule has 1 fully saturated rings. The summed E-state index contributed by atoms with van der Waals surface area (Å²) in [6.07, 6.45) is 1.60. The summed E-state index contributed by atoms with van der Waals surface area (Å²) < 4.78 is 38.6. The highest BCUT2D eigenvalue weighted by atomic mass is 35.5. The van der Waals surface area contributed by atoms with Gasteiger partial charge in [-0.2, -0.15) is 0 Å². The molecule has 0 aromatic heterocycles. The Hall–Kier alpha value is -1.02. The number of sulfonamides is 1. The van der Waals surface area contributed by atoms with E-state index in [1.807, 2.05) is 0 Å². The van der Waals surface area contributed by atoms with Gasteiger partial charge in [0.15, 0.2) is 11.5 Å². The molecule has 124 valence electrons. The molecule has 0 radical (unpaired) electrons. The molecule has 2 aliphatic heterocycles. The Labute approximate surface area is 137 Å². The van der Waals surface area contributed by atoms with Crippen molar-refractivity contribution < 1.29 is 17.9 Å². The van der Waals surface area contributed by atoms with Gasteiger partial charge in [0.2, 0.25) is 10.0 Å². The summed E-state index contributed by atoms with van der Waals surface area (Å²) in [5, 5.41) is 3.31. The molecule has 0 spiro atoms. The summed E-state index contributed by atoms with van der Waals surface area (Å²) in [5.74, 6) is 1.08. The number of hydrogen-bond donors (Lipinski definition) is 2. The van der Waals surface area contributed by atoms with Gasteiger partial charge in [0.25, 0.3) is 0 Å². The molecule has 2 heterocycles. The van der Waals surface area contributed by atoms with Crippen molar-refractivity contribution in [3.63, 3.8) is 0 Å². The van der Waals surface area contributed by atoms with E-state index in [2.05, 4.69) is 17.0 Å². The van der Waals surface area contributed by atoms with Crippen LogP contribution in [0.3, 0.4) is 0 Å². The first-order valence-electron chi connectivity index (χ1n) is 7.20. The lowest BCUT2D eigenvalue weighted by Gasteiger charge is -2.28. The van der Waals surface area contributed by atoms with Gasteiger partial charge in [0, 0.05) is 18.2 Å². The van der Waals surface area contributed by atoms with Gasteiger partial charge in [0.1, 0.15) is 13.2 Å². The Balaban J connectivity index is 0.00000176. The van der Waals surface area contributed by atoms with E-state index >= 15 is 0 Å². The summed E-state index contributed by atoms with van der Waals surface area (Å²) >= 11 is 0. The molecule has 8 heteroatoms. The molecule has 22 heavy (non-hydrogen) atoms. The largest absolute Gasteiger partial charge is 0.486 e. The lowest BCUT2D eigenvalue weighted by molar-refractivity contribution is 0.171. The summed E-state index contributed by atoms with van der Waals surface area (Å²) in [4.78, 5) is 0.220. The van der Waals surface area contributed by atoms with Crippen LogP contribution in [0.25, 0.3) is 0 Å². The van der Waals surface area contributed by atoms with E-state index in [0.29, 0.717) is 30.8 Å². The SMILES string of the molecule is CC1CC(NS(=O)(=O)c2ccc3c(c2)OCCO3)CCN1.Cl. The highest BCUT2D eigenvalue weighted by molar-refractivity contribution is 7.89. The van der Waals surface area contributed by atoms with Crippen molar-refractivity contribution in [2.24, 2.45) is 0 Å². The second-order valence-electron chi connectivity index (χ2n) is 5.50. The third kappa shape index (κ3) is 3.84. The second kappa shape index (κ2) is 7.04. The molecular weight excluding hydrogens is 328 g/mol. The number of hydrogen-bond acceptors (Lipinski definition) is 5. The van der Waals surface area contributed by atoms with Crippen LogP contribution in [-0.2, 0) is 10.0 Å². The van der Waals surface area contributed by atoms with Crippen LogP contribution in [0.15, 0.2) is 23.1 Å². The molecule has 2 N–H and O–H groups in total. The molecule has 1 aromatic rings. The Bertz CT molecular complexity index is 623. The number of fused-ring (bicyclic) bond motifs is 1. The van der Waals surface area contributed by atoms with Crippen LogP contribution < -0.4 is 19.5 Å². The van der Waals surface area contributed by atoms with E-state index in [4.69, 9.17) is 9.47 Å². The van der Waals surface area contributed by atoms with Gasteiger partial charge in [-0.1, -0.05) is 0 Å². The molecule has 2 unspecified atom stereocenters. The van der Waals surface area contributed by atoms with Gasteiger partial charge in [-0.25, -0.2) is 13.1 Å². The zero-order chi connectivity index (χ0) is 14.9. The van der Waals surface area contributed by atoms with Crippen LogP contribution in [-0.4, -0.2) is 40.3 Å². The number of nitrogens with one attached hydrogen (secondary N) is 2. The minimum atomic E-state index is -3.53. The lowest BCUT2D eigenvalue weighted by atomic mass is 10.0. The van der Waals surface area contributed by atoms with Crippen LogP contribution in [0.1, 0.15) is 19.8 Å². The van der Waals surface area contributed by atoms with Gasteiger partial charge in [-0.05, 0) is 38.4 Å². The molecule has 1 saturated heterocycles. The third-order valence-electron chi connectivity index (χ3n) is 3.77. The third-order valence-corrected chi connectivity index (χ3v) is 5.29. The topological polar surface area (TPSA) is 76.7 Å². The van der Waals surface area contributed by atoms with E-state index < -0.39 is 10.0 Å². The maximum Gasteiger partial charge on any atom is 0.240 e. The van der Waals surface area contributed by atoms with Crippen LogP contribution in [0.2, 0.25) is 0 Å². The first kappa shape index (κ1) is 17.3. The molecule has 2 aliphatic rings. The van der Waals surface area contributed by atoms with Crippen molar-refractivity contribution in [1.29, 1.82) is 0 Å². The van der Waals surface area contributed by atoms with E-state index in [-0.39, 0.29) is 23.3 Å². The fourth-order valence-electron chi connectivity index (χ4n) is 2.72. The maximum absolute atomic E-state index is 12.5. The first-order valence-corrected chi connectivity index (χ1v) is 8.68. The molecular formula is C14H21ClN2O4S. The number of halogens is 1. The average molecular weight is 349 g/mol. The van der Waals surface area contributed by atoms with Crippen molar-refractivity contribution in [3.05, 3.63) is 18.2 Å². The van der Waals surface area contributed by atoms with E-state index in [0.717, 1.165) is 19.4 Å². The normalized spacial score (nSPS) is 24.4. The molecule has 0 saturated carbocycles. The van der Waals surface area contributed by atoms with E-state index in [9.17, 15) is 8.42 Å². The molecule has 0 aliphatic carbocycles. The summed E-state index contributed by atoms with van der Waals surface area (Å²) in [6.45, 7) is 3.82. The average Bonchev–Trinajstić information content (AvgIpc) is 2.46. The van der Waals surface area contributed by atoms with Crippen molar-refractivity contribution >= 4 is 22.4 Å². The minimum absolute atomic E-state index is 0. The maximum atomic E-state index is 12.5. The smallest absolute Gasteiger partial charge is 0.240 e. The lowest BCUT2D eigenvalue weighted by Crippen LogP contribution is -2.46. The quantitative estimate of drug-likeness (QED) is 0.861. The fourth-order valence-corrected chi connectivity index (χ4v) is 4.02. The molecule has 3 rings (SSSR count). The summed E-state index contributed by atoms with van der Waals surface area (Å²) in [7, 11) is -3.53. The van der Waals surface area contributed by atoms with Gasteiger partial charge < -0.3 is 14.8 Å². The molecule has 6 nitrogen and oxygen atoms in total. The Morgan fingerprint density at radius 1 is 1.23 bits per heavy atom. The van der Waals surface area contributed by atoms with Gasteiger partial charge in [-0.3, -0.25) is 0 Å². The van der Waals surface area contributed by atoms with E-state index in [1.165, 1.54) is 6.07 Å². The minimum Gasteiger partial charge on any atom is -0.486 e. The highest BCUT2D eigenvalue weighted by Crippen LogP contribution is 2.32. The number of ether oxygens (including phenoxy) is 2. The second-order valence-corrected chi connectivity index (χ2v) is 7.22. The Kier molecular flexibility index (Phi) is 5.55. The monoisotopic (exact) mass is 348 g/mol. The zero-order valence-electron chi connectivity index (χ0n) is 12.4. The molecule has 2 atom stereocenters. The Morgan fingerprint density at radius 3 is 2.68 bits per heavy atom. The van der Waals surface area contributed by atoms with Crippen LogP contribution in [0.5, 0.6) is 11.5 Å². The molecule has 1 aromatic carbocycles. The van der Waals surface area contributed by atoms with Crippen LogP contribution in [0, 0.1) is 0 Å². The number of piperidine rings is 1. The predicted octanol–water partition coefficient (Wildman–Crippen LogP) is 1.30. The zero-order valence-corrected chi connectivity index (χ0v) is 14.0. The highest BCUT2D eigenvalue weighted by Gasteiger charge is 2.25. The van der Waals surface area contributed by atoms with Gasteiger partial charge >= 0.3 is 0 Å². The van der Waals surface area contributed by atoms with Crippen molar-refractivity contribution in [2.45, 2.75) is 36.7 Å². The predicted molar refractivity (Wildman–Crippen MR) is 85.5 cm³/mol.